The number of anilines is 1. The molecule has 1 heterocycles. The van der Waals surface area contributed by atoms with Crippen molar-refractivity contribution in [3.63, 3.8) is 0 Å². The maximum atomic E-state index is 12.2. The molecule has 2 unspecified atom stereocenters. The lowest BCUT2D eigenvalue weighted by Crippen LogP contribution is -2.42. The number of para-hydroxylation sites is 2. The first-order valence-corrected chi connectivity index (χ1v) is 7.81. The van der Waals surface area contributed by atoms with Crippen LogP contribution in [0.15, 0.2) is 24.3 Å². The number of hydrogen-bond acceptors (Lipinski definition) is 3. The van der Waals surface area contributed by atoms with E-state index in [1.54, 1.807) is 0 Å². The van der Waals surface area contributed by atoms with Crippen LogP contribution < -0.4 is 10.5 Å². The van der Waals surface area contributed by atoms with Gasteiger partial charge in [0.25, 0.3) is 0 Å². The van der Waals surface area contributed by atoms with Gasteiger partial charge in [0.1, 0.15) is 5.75 Å². The van der Waals surface area contributed by atoms with Gasteiger partial charge in [-0.2, -0.15) is 0 Å². The Morgan fingerprint density at radius 1 is 1.29 bits per heavy atom. The number of ether oxygens (including phenoxy) is 1. The third-order valence-electron chi connectivity index (χ3n) is 3.93. The average Bonchev–Trinajstić information content (AvgIpc) is 2.44. The third kappa shape index (κ3) is 4.66. The van der Waals surface area contributed by atoms with E-state index in [2.05, 4.69) is 13.8 Å². The number of rotatable bonds is 5. The zero-order chi connectivity index (χ0) is 15.2. The fourth-order valence-electron chi connectivity index (χ4n) is 3.04. The number of carbonyl (C=O) groups is 1. The van der Waals surface area contributed by atoms with E-state index in [-0.39, 0.29) is 5.91 Å². The van der Waals surface area contributed by atoms with E-state index in [9.17, 15) is 4.79 Å². The van der Waals surface area contributed by atoms with Crippen LogP contribution in [0.1, 0.15) is 33.1 Å². The summed E-state index contributed by atoms with van der Waals surface area (Å²) in [4.78, 5) is 14.2. The van der Waals surface area contributed by atoms with E-state index in [4.69, 9.17) is 10.5 Å². The smallest absolute Gasteiger partial charge is 0.222 e. The molecule has 2 atom stereocenters. The lowest BCUT2D eigenvalue weighted by molar-refractivity contribution is -0.134. The van der Waals surface area contributed by atoms with Crippen LogP contribution in [0, 0.1) is 11.8 Å². The molecule has 1 fully saturated rings. The Hall–Kier alpha value is -1.71. The molecule has 1 aliphatic heterocycles. The highest BCUT2D eigenvalue weighted by atomic mass is 16.5. The monoisotopic (exact) mass is 290 g/mol. The highest BCUT2D eigenvalue weighted by Crippen LogP contribution is 2.22. The molecule has 116 valence electrons. The van der Waals surface area contributed by atoms with E-state index in [1.165, 1.54) is 6.42 Å². The molecule has 0 aromatic heterocycles. The summed E-state index contributed by atoms with van der Waals surface area (Å²) in [5.41, 5.74) is 6.45. The predicted octanol–water partition coefficient (Wildman–Crippen LogP) is 2.93. The van der Waals surface area contributed by atoms with Crippen LogP contribution in [-0.4, -0.2) is 30.5 Å². The SMILES string of the molecule is CC1CC(C)CN(C(=O)CCCOc2ccccc2N)C1. The second kappa shape index (κ2) is 7.34. The van der Waals surface area contributed by atoms with Gasteiger partial charge in [-0.05, 0) is 36.8 Å². The van der Waals surface area contributed by atoms with Gasteiger partial charge in [0.05, 0.1) is 12.3 Å². The minimum absolute atomic E-state index is 0.248. The molecule has 21 heavy (non-hydrogen) atoms. The molecule has 0 saturated carbocycles. The average molecular weight is 290 g/mol. The highest BCUT2D eigenvalue weighted by molar-refractivity contribution is 5.76. The molecule has 4 nitrogen and oxygen atoms in total. The van der Waals surface area contributed by atoms with Crippen molar-refractivity contribution in [2.24, 2.45) is 11.8 Å². The van der Waals surface area contributed by atoms with Crippen molar-refractivity contribution in [3.8, 4) is 5.75 Å². The van der Waals surface area contributed by atoms with Crippen molar-refractivity contribution < 1.29 is 9.53 Å². The van der Waals surface area contributed by atoms with E-state index >= 15 is 0 Å². The summed E-state index contributed by atoms with van der Waals surface area (Å²) < 4.78 is 5.62. The van der Waals surface area contributed by atoms with Gasteiger partial charge in [-0.3, -0.25) is 4.79 Å². The first kappa shape index (κ1) is 15.7. The summed E-state index contributed by atoms with van der Waals surface area (Å²) in [6.07, 6.45) is 2.50. The third-order valence-corrected chi connectivity index (χ3v) is 3.93. The maximum Gasteiger partial charge on any atom is 0.222 e. The molecular formula is C17H26N2O2. The van der Waals surface area contributed by atoms with Gasteiger partial charge in [-0.1, -0.05) is 26.0 Å². The van der Waals surface area contributed by atoms with Gasteiger partial charge in [0.2, 0.25) is 5.91 Å². The summed E-state index contributed by atoms with van der Waals surface area (Å²) in [6.45, 7) is 6.76. The molecule has 0 radical (unpaired) electrons. The van der Waals surface area contributed by atoms with E-state index in [1.807, 2.05) is 29.2 Å². The van der Waals surface area contributed by atoms with Gasteiger partial charge in [0.15, 0.2) is 0 Å². The van der Waals surface area contributed by atoms with Crippen LogP contribution >= 0.6 is 0 Å². The molecule has 0 bridgehead atoms. The molecule has 2 rings (SSSR count). The Labute approximate surface area is 127 Å². The lowest BCUT2D eigenvalue weighted by Gasteiger charge is -2.35. The summed E-state index contributed by atoms with van der Waals surface area (Å²) >= 11 is 0. The first-order valence-electron chi connectivity index (χ1n) is 7.81. The fourth-order valence-corrected chi connectivity index (χ4v) is 3.04. The topological polar surface area (TPSA) is 55.6 Å². The van der Waals surface area contributed by atoms with Gasteiger partial charge < -0.3 is 15.4 Å². The van der Waals surface area contributed by atoms with E-state index in [0.29, 0.717) is 36.3 Å². The Kier molecular flexibility index (Phi) is 5.48. The Morgan fingerprint density at radius 2 is 1.95 bits per heavy atom. The number of hydrogen-bond donors (Lipinski definition) is 1. The first-order chi connectivity index (χ1) is 10.1. The van der Waals surface area contributed by atoms with Crippen molar-refractivity contribution in [2.75, 3.05) is 25.4 Å². The molecule has 1 aliphatic rings. The number of amides is 1. The van der Waals surface area contributed by atoms with Crippen molar-refractivity contribution in [1.29, 1.82) is 0 Å². The standard InChI is InChI=1S/C17H26N2O2/c1-13-10-14(2)12-19(11-13)17(20)8-5-9-21-16-7-4-3-6-15(16)18/h3-4,6-7,13-14H,5,8-12,18H2,1-2H3. The van der Waals surface area contributed by atoms with Crippen LogP contribution in [0.4, 0.5) is 5.69 Å². The molecule has 2 N–H and O–H groups in total. The van der Waals surface area contributed by atoms with Crippen LogP contribution in [0.3, 0.4) is 0 Å². The fraction of sp³-hybridized carbons (Fsp3) is 0.588. The van der Waals surface area contributed by atoms with Gasteiger partial charge in [0, 0.05) is 19.5 Å². The molecule has 1 amide bonds. The number of nitrogens with zero attached hydrogens (tertiary/aromatic N) is 1. The van der Waals surface area contributed by atoms with Crippen LogP contribution in [0.2, 0.25) is 0 Å². The molecule has 1 saturated heterocycles. The summed E-state index contributed by atoms with van der Waals surface area (Å²) in [5.74, 6) is 2.17. The number of nitrogens with two attached hydrogens (primary N) is 1. The maximum absolute atomic E-state index is 12.2. The number of benzene rings is 1. The quantitative estimate of drug-likeness (QED) is 0.670. The number of nitrogen functional groups attached to an aromatic ring is 1. The van der Waals surface area contributed by atoms with Crippen LogP contribution in [0.5, 0.6) is 5.75 Å². The van der Waals surface area contributed by atoms with Crippen LogP contribution in [0.25, 0.3) is 0 Å². The van der Waals surface area contributed by atoms with Gasteiger partial charge in [-0.15, -0.1) is 0 Å². The van der Waals surface area contributed by atoms with Crippen molar-refractivity contribution in [3.05, 3.63) is 24.3 Å². The van der Waals surface area contributed by atoms with Crippen molar-refractivity contribution >= 4 is 11.6 Å². The zero-order valence-corrected chi connectivity index (χ0v) is 13.0. The van der Waals surface area contributed by atoms with Gasteiger partial charge >= 0.3 is 0 Å². The zero-order valence-electron chi connectivity index (χ0n) is 13.0. The number of carbonyl (C=O) groups excluding carboxylic acids is 1. The van der Waals surface area contributed by atoms with E-state index in [0.717, 1.165) is 19.5 Å². The normalized spacial score (nSPS) is 22.1. The summed E-state index contributed by atoms with van der Waals surface area (Å²) in [7, 11) is 0. The molecule has 0 spiro atoms. The predicted molar refractivity (Wildman–Crippen MR) is 85.1 cm³/mol. The molecule has 4 heteroatoms. The number of likely N-dealkylation sites (tertiary alicyclic amines) is 1. The minimum atomic E-state index is 0.248. The molecule has 0 aliphatic carbocycles. The van der Waals surface area contributed by atoms with Crippen molar-refractivity contribution in [1.82, 2.24) is 4.90 Å². The molecule has 1 aromatic rings. The summed E-state index contributed by atoms with van der Waals surface area (Å²) in [6, 6.07) is 7.44. The second-order valence-electron chi connectivity index (χ2n) is 6.23. The molecule has 1 aromatic carbocycles. The second-order valence-corrected chi connectivity index (χ2v) is 6.23. The Bertz CT molecular complexity index is 466. The minimum Gasteiger partial charge on any atom is -0.491 e. The number of piperidine rings is 1. The van der Waals surface area contributed by atoms with Crippen LogP contribution in [-0.2, 0) is 4.79 Å². The van der Waals surface area contributed by atoms with E-state index < -0.39 is 0 Å². The van der Waals surface area contributed by atoms with Gasteiger partial charge in [-0.25, -0.2) is 0 Å². The largest absolute Gasteiger partial charge is 0.491 e. The van der Waals surface area contributed by atoms with Crippen molar-refractivity contribution in [2.45, 2.75) is 33.1 Å². The summed E-state index contributed by atoms with van der Waals surface area (Å²) in [5, 5.41) is 0. The highest BCUT2D eigenvalue weighted by Gasteiger charge is 2.24. The Morgan fingerprint density at radius 3 is 2.62 bits per heavy atom. The molecular weight excluding hydrogens is 264 g/mol. The Balaban J connectivity index is 1.71. The lowest BCUT2D eigenvalue weighted by atomic mass is 9.91.